The molecular formula is C15H19N3O. The first-order valence-corrected chi connectivity index (χ1v) is 6.51. The molecule has 4 heteroatoms. The number of anilines is 1. The van der Waals surface area contributed by atoms with Crippen molar-refractivity contribution in [2.45, 2.75) is 26.2 Å². The Labute approximate surface area is 113 Å². The Bertz CT molecular complexity index is 542. The van der Waals surface area contributed by atoms with E-state index in [0.717, 1.165) is 12.2 Å². The minimum atomic E-state index is 0.455. The molecule has 1 N–H and O–H groups in total. The Morgan fingerprint density at radius 1 is 1.26 bits per heavy atom. The van der Waals surface area contributed by atoms with E-state index in [0.29, 0.717) is 17.6 Å². The average molecular weight is 257 g/mol. The minimum absolute atomic E-state index is 0.455. The Morgan fingerprint density at radius 2 is 2.05 bits per heavy atom. The second-order valence-electron chi connectivity index (χ2n) is 4.44. The summed E-state index contributed by atoms with van der Waals surface area (Å²) in [7, 11) is 1.81. The van der Waals surface area contributed by atoms with Crippen LogP contribution in [0.25, 0.3) is 0 Å². The number of nitrogens with zero attached hydrogens (tertiary/aromatic N) is 2. The molecule has 0 saturated heterocycles. The predicted octanol–water partition coefficient (Wildman–Crippen LogP) is 3.82. The van der Waals surface area contributed by atoms with Gasteiger partial charge in [-0.1, -0.05) is 32.0 Å². The van der Waals surface area contributed by atoms with Crippen LogP contribution in [0.15, 0.2) is 36.7 Å². The van der Waals surface area contributed by atoms with Crippen molar-refractivity contribution < 1.29 is 4.74 Å². The van der Waals surface area contributed by atoms with Gasteiger partial charge in [-0.05, 0) is 24.0 Å². The van der Waals surface area contributed by atoms with Gasteiger partial charge in [0.1, 0.15) is 11.6 Å². The van der Waals surface area contributed by atoms with Crippen LogP contribution in [-0.2, 0) is 0 Å². The van der Waals surface area contributed by atoms with Crippen molar-refractivity contribution in [2.75, 3.05) is 12.4 Å². The second kappa shape index (κ2) is 6.18. The fraction of sp³-hybridized carbons (Fsp3) is 0.333. The van der Waals surface area contributed by atoms with Gasteiger partial charge in [0, 0.05) is 7.05 Å². The standard InChI is InChI=1S/C15H19N3O/c1-4-11(2)12-7-5-6-8-13(12)19-15-10-17-9-14(16-3)18-15/h5-11H,4H2,1-3H3,(H,16,18). The molecule has 0 radical (unpaired) electrons. The van der Waals surface area contributed by atoms with E-state index in [9.17, 15) is 0 Å². The van der Waals surface area contributed by atoms with Crippen LogP contribution >= 0.6 is 0 Å². The molecule has 0 aliphatic rings. The molecule has 0 aliphatic carbocycles. The molecule has 2 aromatic rings. The van der Waals surface area contributed by atoms with Crippen LogP contribution in [-0.4, -0.2) is 17.0 Å². The third-order valence-corrected chi connectivity index (χ3v) is 3.15. The van der Waals surface area contributed by atoms with E-state index in [-0.39, 0.29) is 0 Å². The highest BCUT2D eigenvalue weighted by atomic mass is 16.5. The van der Waals surface area contributed by atoms with Gasteiger partial charge >= 0.3 is 0 Å². The van der Waals surface area contributed by atoms with Crippen LogP contribution in [0.1, 0.15) is 31.7 Å². The molecule has 0 amide bonds. The average Bonchev–Trinajstić information content (AvgIpc) is 2.47. The Kier molecular flexibility index (Phi) is 4.34. The van der Waals surface area contributed by atoms with Crippen LogP contribution in [0.4, 0.5) is 5.82 Å². The molecule has 0 spiro atoms. The number of rotatable bonds is 5. The van der Waals surface area contributed by atoms with Gasteiger partial charge < -0.3 is 10.1 Å². The van der Waals surface area contributed by atoms with Gasteiger partial charge in [-0.25, -0.2) is 0 Å². The Morgan fingerprint density at radius 3 is 2.79 bits per heavy atom. The fourth-order valence-electron chi connectivity index (χ4n) is 1.83. The van der Waals surface area contributed by atoms with Crippen molar-refractivity contribution in [3.63, 3.8) is 0 Å². The molecule has 0 aliphatic heterocycles. The highest BCUT2D eigenvalue weighted by Gasteiger charge is 2.11. The molecule has 0 bridgehead atoms. The number of nitrogens with one attached hydrogen (secondary N) is 1. The summed E-state index contributed by atoms with van der Waals surface area (Å²) in [5, 5.41) is 2.95. The van der Waals surface area contributed by atoms with Crippen molar-refractivity contribution in [3.05, 3.63) is 42.2 Å². The zero-order chi connectivity index (χ0) is 13.7. The third-order valence-electron chi connectivity index (χ3n) is 3.15. The summed E-state index contributed by atoms with van der Waals surface area (Å²) in [6, 6.07) is 8.06. The summed E-state index contributed by atoms with van der Waals surface area (Å²) >= 11 is 0. The summed E-state index contributed by atoms with van der Waals surface area (Å²) < 4.78 is 5.86. The summed E-state index contributed by atoms with van der Waals surface area (Å²) in [5.74, 6) is 2.50. The molecule has 100 valence electrons. The van der Waals surface area contributed by atoms with E-state index in [4.69, 9.17) is 4.74 Å². The number of aromatic nitrogens is 2. The van der Waals surface area contributed by atoms with E-state index in [2.05, 4.69) is 35.2 Å². The lowest BCUT2D eigenvalue weighted by Gasteiger charge is -2.14. The number of benzene rings is 1. The van der Waals surface area contributed by atoms with Crippen molar-refractivity contribution in [1.29, 1.82) is 0 Å². The maximum absolute atomic E-state index is 5.86. The van der Waals surface area contributed by atoms with E-state index in [1.54, 1.807) is 19.4 Å². The smallest absolute Gasteiger partial charge is 0.239 e. The molecule has 0 saturated carbocycles. The van der Waals surface area contributed by atoms with E-state index < -0.39 is 0 Å². The van der Waals surface area contributed by atoms with Crippen LogP contribution in [0.2, 0.25) is 0 Å². The first-order valence-electron chi connectivity index (χ1n) is 6.51. The highest BCUT2D eigenvalue weighted by molar-refractivity contribution is 5.39. The number of para-hydroxylation sites is 1. The normalized spacial score (nSPS) is 11.9. The molecular weight excluding hydrogens is 238 g/mol. The zero-order valence-electron chi connectivity index (χ0n) is 11.6. The van der Waals surface area contributed by atoms with E-state index >= 15 is 0 Å². The number of ether oxygens (including phenoxy) is 1. The van der Waals surface area contributed by atoms with Crippen LogP contribution in [0.3, 0.4) is 0 Å². The minimum Gasteiger partial charge on any atom is -0.437 e. The highest BCUT2D eigenvalue weighted by Crippen LogP contribution is 2.31. The van der Waals surface area contributed by atoms with Gasteiger partial charge in [-0.15, -0.1) is 0 Å². The Balaban J connectivity index is 2.27. The van der Waals surface area contributed by atoms with Crippen molar-refractivity contribution in [2.24, 2.45) is 0 Å². The molecule has 2 rings (SSSR count). The molecule has 1 heterocycles. The first-order chi connectivity index (χ1) is 9.24. The lowest BCUT2D eigenvalue weighted by atomic mass is 9.98. The summed E-state index contributed by atoms with van der Waals surface area (Å²) in [5.41, 5.74) is 1.20. The van der Waals surface area contributed by atoms with E-state index in [1.807, 2.05) is 18.2 Å². The van der Waals surface area contributed by atoms with Crippen LogP contribution in [0, 0.1) is 0 Å². The summed E-state index contributed by atoms with van der Waals surface area (Å²) in [6.07, 6.45) is 4.35. The monoisotopic (exact) mass is 257 g/mol. The van der Waals surface area contributed by atoms with Gasteiger partial charge in [0.25, 0.3) is 0 Å². The molecule has 1 unspecified atom stereocenters. The van der Waals surface area contributed by atoms with Gasteiger partial charge in [0.2, 0.25) is 5.88 Å². The number of hydrogen-bond donors (Lipinski definition) is 1. The zero-order valence-corrected chi connectivity index (χ0v) is 11.6. The largest absolute Gasteiger partial charge is 0.437 e. The summed E-state index contributed by atoms with van der Waals surface area (Å²) in [4.78, 5) is 8.41. The summed E-state index contributed by atoms with van der Waals surface area (Å²) in [6.45, 7) is 4.36. The quantitative estimate of drug-likeness (QED) is 0.884. The lowest BCUT2D eigenvalue weighted by molar-refractivity contribution is 0.450. The van der Waals surface area contributed by atoms with Gasteiger partial charge in [-0.2, -0.15) is 4.98 Å². The molecule has 1 aromatic carbocycles. The van der Waals surface area contributed by atoms with E-state index in [1.165, 1.54) is 5.56 Å². The molecule has 1 aromatic heterocycles. The maximum Gasteiger partial charge on any atom is 0.239 e. The SMILES string of the molecule is CCC(C)c1ccccc1Oc1cncc(NC)n1. The predicted molar refractivity (Wildman–Crippen MR) is 76.8 cm³/mol. The molecule has 19 heavy (non-hydrogen) atoms. The molecule has 1 atom stereocenters. The lowest BCUT2D eigenvalue weighted by Crippen LogP contribution is -1.99. The maximum atomic E-state index is 5.86. The van der Waals surface area contributed by atoms with Gasteiger partial charge in [0.05, 0.1) is 12.4 Å². The Hall–Kier alpha value is -2.10. The fourth-order valence-corrected chi connectivity index (χ4v) is 1.83. The molecule has 4 nitrogen and oxygen atoms in total. The van der Waals surface area contributed by atoms with Crippen molar-refractivity contribution in [1.82, 2.24) is 9.97 Å². The topological polar surface area (TPSA) is 47.0 Å². The first kappa shape index (κ1) is 13.3. The molecule has 0 fully saturated rings. The van der Waals surface area contributed by atoms with Crippen molar-refractivity contribution >= 4 is 5.82 Å². The van der Waals surface area contributed by atoms with Crippen molar-refractivity contribution in [3.8, 4) is 11.6 Å². The second-order valence-corrected chi connectivity index (χ2v) is 4.44. The van der Waals surface area contributed by atoms with Gasteiger partial charge in [-0.3, -0.25) is 4.98 Å². The van der Waals surface area contributed by atoms with Crippen LogP contribution < -0.4 is 10.1 Å². The third kappa shape index (κ3) is 3.22. The number of hydrogen-bond acceptors (Lipinski definition) is 4. The van der Waals surface area contributed by atoms with Crippen LogP contribution in [0.5, 0.6) is 11.6 Å². The van der Waals surface area contributed by atoms with Gasteiger partial charge in [0.15, 0.2) is 0 Å².